The molecule has 102 valence electrons. The molecule has 1 aliphatic carbocycles. The normalized spacial score (nSPS) is 22.2. The van der Waals surface area contributed by atoms with Crippen LogP contribution in [-0.4, -0.2) is 22.0 Å². The molecule has 2 N–H and O–H groups in total. The first-order chi connectivity index (χ1) is 8.97. The number of hydrogen-bond donors (Lipinski definition) is 2. The van der Waals surface area contributed by atoms with Gasteiger partial charge in [-0.2, -0.15) is 0 Å². The van der Waals surface area contributed by atoms with E-state index in [1.165, 1.54) is 12.1 Å². The molecule has 2 rings (SSSR count). The molecule has 0 aliphatic heterocycles. The lowest BCUT2D eigenvalue weighted by molar-refractivity contribution is -0.385. The topological polar surface area (TPSA) is 92.5 Å². The van der Waals surface area contributed by atoms with Crippen molar-refractivity contribution in [3.05, 3.63) is 34.1 Å². The van der Waals surface area contributed by atoms with Gasteiger partial charge in [0.15, 0.2) is 5.82 Å². The molecule has 19 heavy (non-hydrogen) atoms. The Morgan fingerprint density at radius 2 is 2.21 bits per heavy atom. The summed E-state index contributed by atoms with van der Waals surface area (Å²) < 4.78 is 13.6. The molecule has 0 aromatic heterocycles. The Morgan fingerprint density at radius 1 is 1.47 bits per heavy atom. The number of nitrogens with zero attached hydrogens (tertiary/aromatic N) is 1. The number of rotatable bonds is 4. The van der Waals surface area contributed by atoms with Gasteiger partial charge in [-0.05, 0) is 25.3 Å². The summed E-state index contributed by atoms with van der Waals surface area (Å²) in [6.45, 7) is 0. The van der Waals surface area contributed by atoms with E-state index in [0.717, 1.165) is 6.07 Å². The van der Waals surface area contributed by atoms with Gasteiger partial charge in [0.2, 0.25) is 0 Å². The van der Waals surface area contributed by atoms with Crippen LogP contribution in [0.1, 0.15) is 19.3 Å². The minimum Gasteiger partial charge on any atom is -0.481 e. The van der Waals surface area contributed by atoms with Gasteiger partial charge in [0, 0.05) is 12.1 Å². The Hall–Kier alpha value is -2.18. The molecule has 0 spiro atoms. The number of nitro groups is 1. The molecule has 0 saturated heterocycles. The van der Waals surface area contributed by atoms with Crippen molar-refractivity contribution >= 4 is 17.3 Å². The molecule has 1 saturated carbocycles. The molecule has 0 bridgehead atoms. The van der Waals surface area contributed by atoms with Crippen molar-refractivity contribution in [1.29, 1.82) is 0 Å². The van der Waals surface area contributed by atoms with Gasteiger partial charge >= 0.3 is 5.97 Å². The number of hydrogen-bond acceptors (Lipinski definition) is 4. The van der Waals surface area contributed by atoms with Crippen LogP contribution in [0.4, 0.5) is 15.8 Å². The summed E-state index contributed by atoms with van der Waals surface area (Å²) in [5.74, 6) is -1.94. The third-order valence-corrected chi connectivity index (χ3v) is 3.30. The molecule has 1 aromatic carbocycles. The number of aliphatic carboxylic acids is 1. The van der Waals surface area contributed by atoms with Crippen LogP contribution in [0.15, 0.2) is 18.2 Å². The Kier molecular flexibility index (Phi) is 3.64. The number of carboxylic acids is 1. The molecule has 0 unspecified atom stereocenters. The lowest BCUT2D eigenvalue weighted by atomic mass is 10.1. The predicted molar refractivity (Wildman–Crippen MR) is 65.4 cm³/mol. The van der Waals surface area contributed by atoms with Gasteiger partial charge in [0.25, 0.3) is 5.69 Å². The molecular formula is C12H13FN2O4. The predicted octanol–water partition coefficient (Wildman–Crippen LogP) is 2.40. The molecule has 1 aliphatic rings. The van der Waals surface area contributed by atoms with Crippen LogP contribution in [0, 0.1) is 21.8 Å². The van der Waals surface area contributed by atoms with Gasteiger partial charge in [-0.3, -0.25) is 14.9 Å². The number of benzene rings is 1. The smallest absolute Gasteiger partial charge is 0.306 e. The fourth-order valence-electron chi connectivity index (χ4n) is 2.29. The van der Waals surface area contributed by atoms with Crippen molar-refractivity contribution < 1.29 is 19.2 Å². The summed E-state index contributed by atoms with van der Waals surface area (Å²) in [5, 5.41) is 22.3. The largest absolute Gasteiger partial charge is 0.481 e. The van der Waals surface area contributed by atoms with Gasteiger partial charge < -0.3 is 10.4 Å². The van der Waals surface area contributed by atoms with Crippen molar-refractivity contribution in [3.8, 4) is 0 Å². The summed E-state index contributed by atoms with van der Waals surface area (Å²) in [6, 6.07) is 3.26. The Morgan fingerprint density at radius 3 is 2.74 bits per heavy atom. The van der Waals surface area contributed by atoms with Gasteiger partial charge in [-0.1, -0.05) is 0 Å². The highest BCUT2D eigenvalue weighted by Gasteiger charge is 2.30. The number of nitrogens with one attached hydrogen (secondary N) is 1. The molecule has 0 heterocycles. The third kappa shape index (κ3) is 2.98. The average Bonchev–Trinajstić information content (AvgIpc) is 2.80. The summed E-state index contributed by atoms with van der Waals surface area (Å²) in [6.07, 6.45) is 1.64. The monoisotopic (exact) mass is 268 g/mol. The van der Waals surface area contributed by atoms with E-state index in [-0.39, 0.29) is 17.4 Å². The summed E-state index contributed by atoms with van der Waals surface area (Å²) >= 11 is 0. The lowest BCUT2D eigenvalue weighted by Crippen LogP contribution is -2.18. The molecule has 0 radical (unpaired) electrons. The standard InChI is InChI=1S/C12H13FN2O4/c13-10-6-9(15(18)19)3-4-11(10)14-8-2-1-7(5-8)12(16)17/h3-4,6-8,14H,1-2,5H2,(H,16,17)/t7-,8+/m1/s1. The quantitative estimate of drug-likeness (QED) is 0.646. The fourth-order valence-corrected chi connectivity index (χ4v) is 2.29. The summed E-state index contributed by atoms with van der Waals surface area (Å²) in [5.41, 5.74) is -0.139. The molecular weight excluding hydrogens is 255 g/mol. The molecule has 1 aromatic rings. The fraction of sp³-hybridized carbons (Fsp3) is 0.417. The molecule has 2 atom stereocenters. The highest BCUT2D eigenvalue weighted by atomic mass is 19.1. The van der Waals surface area contributed by atoms with E-state index >= 15 is 0 Å². The van der Waals surface area contributed by atoms with Gasteiger partial charge in [-0.25, -0.2) is 4.39 Å². The summed E-state index contributed by atoms with van der Waals surface area (Å²) in [4.78, 5) is 20.6. The first kappa shape index (κ1) is 13.3. The van der Waals surface area contributed by atoms with Crippen molar-refractivity contribution in [3.63, 3.8) is 0 Å². The first-order valence-electron chi connectivity index (χ1n) is 5.90. The van der Waals surface area contributed by atoms with Crippen molar-refractivity contribution in [2.45, 2.75) is 25.3 Å². The Labute approximate surface area is 108 Å². The molecule has 1 fully saturated rings. The maximum absolute atomic E-state index is 13.6. The molecule has 0 amide bonds. The van der Waals surface area contributed by atoms with Crippen LogP contribution in [-0.2, 0) is 4.79 Å². The highest BCUT2D eigenvalue weighted by Crippen LogP contribution is 2.29. The zero-order valence-corrected chi connectivity index (χ0v) is 10.0. The van der Waals surface area contributed by atoms with Crippen LogP contribution in [0.2, 0.25) is 0 Å². The SMILES string of the molecule is O=C(O)[C@@H]1CC[C@H](Nc2ccc([N+](=O)[O-])cc2F)C1. The second-order valence-corrected chi connectivity index (χ2v) is 4.61. The zero-order chi connectivity index (χ0) is 14.0. The molecule has 6 nitrogen and oxygen atoms in total. The zero-order valence-electron chi connectivity index (χ0n) is 10.0. The summed E-state index contributed by atoms with van der Waals surface area (Å²) in [7, 11) is 0. The Balaban J connectivity index is 2.04. The van der Waals surface area contributed by atoms with Crippen LogP contribution in [0.5, 0.6) is 0 Å². The number of carbonyl (C=O) groups is 1. The van der Waals surface area contributed by atoms with Crippen LogP contribution < -0.4 is 5.32 Å². The maximum Gasteiger partial charge on any atom is 0.306 e. The van der Waals surface area contributed by atoms with Crippen molar-refractivity contribution in [2.75, 3.05) is 5.32 Å². The number of non-ortho nitro benzene ring substituents is 1. The van der Waals surface area contributed by atoms with Gasteiger partial charge in [0.05, 0.1) is 22.6 Å². The van der Waals surface area contributed by atoms with E-state index in [0.29, 0.717) is 19.3 Å². The van der Waals surface area contributed by atoms with Crippen LogP contribution in [0.25, 0.3) is 0 Å². The van der Waals surface area contributed by atoms with Gasteiger partial charge in [0.1, 0.15) is 0 Å². The number of nitro benzene ring substituents is 1. The van der Waals surface area contributed by atoms with E-state index < -0.39 is 22.6 Å². The van der Waals surface area contributed by atoms with E-state index in [2.05, 4.69) is 5.32 Å². The third-order valence-electron chi connectivity index (χ3n) is 3.30. The minimum atomic E-state index is -0.839. The van der Waals surface area contributed by atoms with Gasteiger partial charge in [-0.15, -0.1) is 0 Å². The number of halogens is 1. The lowest BCUT2D eigenvalue weighted by Gasteiger charge is -2.14. The second kappa shape index (κ2) is 5.21. The highest BCUT2D eigenvalue weighted by molar-refractivity contribution is 5.70. The second-order valence-electron chi connectivity index (χ2n) is 4.61. The van der Waals surface area contributed by atoms with E-state index in [1.54, 1.807) is 0 Å². The van der Waals surface area contributed by atoms with E-state index in [9.17, 15) is 19.3 Å². The molecule has 7 heteroatoms. The first-order valence-corrected chi connectivity index (χ1v) is 5.90. The maximum atomic E-state index is 13.6. The van der Waals surface area contributed by atoms with Crippen LogP contribution in [0.3, 0.4) is 0 Å². The van der Waals surface area contributed by atoms with E-state index in [1.807, 2.05) is 0 Å². The van der Waals surface area contributed by atoms with Crippen molar-refractivity contribution in [2.24, 2.45) is 5.92 Å². The number of carboxylic acid groups (broad SMARTS) is 1. The number of anilines is 1. The van der Waals surface area contributed by atoms with Crippen molar-refractivity contribution in [1.82, 2.24) is 0 Å². The average molecular weight is 268 g/mol. The van der Waals surface area contributed by atoms with E-state index in [4.69, 9.17) is 5.11 Å². The Bertz CT molecular complexity index is 520. The minimum absolute atomic E-state index is 0.114. The van der Waals surface area contributed by atoms with Crippen LogP contribution >= 0.6 is 0 Å².